The number of hydrogen-bond acceptors (Lipinski definition) is 7. The number of benzene rings is 1. The molecule has 0 aliphatic carbocycles. The number of nitrogens with one attached hydrogen (secondary N) is 2. The van der Waals surface area contributed by atoms with Crippen LogP contribution < -0.4 is 10.6 Å². The lowest BCUT2D eigenvalue weighted by molar-refractivity contribution is -0.125. The number of imide groups is 1. The van der Waals surface area contributed by atoms with E-state index >= 15 is 0 Å². The molecule has 1 aromatic carbocycles. The van der Waals surface area contributed by atoms with Crippen molar-refractivity contribution in [2.24, 2.45) is 0 Å². The van der Waals surface area contributed by atoms with E-state index in [2.05, 4.69) is 22.3 Å². The van der Waals surface area contributed by atoms with Gasteiger partial charge in [-0.3, -0.25) is 24.0 Å². The topological polar surface area (TPSA) is 134 Å². The number of piperidine rings is 2. The number of nitrogens with zero attached hydrogens (tertiary/aromatic N) is 4. The first-order valence-electron chi connectivity index (χ1n) is 12.8. The van der Waals surface area contributed by atoms with E-state index in [4.69, 9.17) is 0 Å². The molecule has 2 saturated heterocycles. The van der Waals surface area contributed by atoms with Crippen molar-refractivity contribution in [1.29, 1.82) is 0 Å². The number of carbonyl (C=O) groups excluding carboxylic acids is 3. The second-order valence-electron chi connectivity index (χ2n) is 10.3. The molecular weight excluding hydrogens is 508 g/mol. The van der Waals surface area contributed by atoms with Gasteiger partial charge in [0, 0.05) is 42.8 Å². The van der Waals surface area contributed by atoms with Crippen LogP contribution in [0.1, 0.15) is 71.9 Å². The highest BCUT2D eigenvalue weighted by molar-refractivity contribution is 7.89. The standard InChI is InChI=1S/C26H32N6O5S/c1-16(2)38(36,37)30-11-9-19(10-12-30)31-15-18(14-28-31)13-27-21-6-4-5-20-23(21)26(35)32(25(20)34)22-8-7-17(3)29-24(22)33/h4-6,14-16,19,22,27H,3,7-13H2,1-2H3,(H,29,33). The van der Waals surface area contributed by atoms with Gasteiger partial charge in [0.1, 0.15) is 6.04 Å². The van der Waals surface area contributed by atoms with Crippen LogP contribution in [0.15, 0.2) is 42.9 Å². The maximum Gasteiger partial charge on any atom is 0.264 e. The Morgan fingerprint density at radius 1 is 1.13 bits per heavy atom. The van der Waals surface area contributed by atoms with Gasteiger partial charge in [0.2, 0.25) is 15.9 Å². The molecule has 1 unspecified atom stereocenters. The summed E-state index contributed by atoms with van der Waals surface area (Å²) < 4.78 is 28.3. The molecule has 0 bridgehead atoms. The quantitative estimate of drug-likeness (QED) is 0.515. The molecular formula is C26H32N6O5S. The molecule has 1 atom stereocenters. The van der Waals surface area contributed by atoms with Crippen molar-refractivity contribution in [2.75, 3.05) is 18.4 Å². The van der Waals surface area contributed by atoms with Gasteiger partial charge >= 0.3 is 0 Å². The summed E-state index contributed by atoms with van der Waals surface area (Å²) in [6.07, 6.45) is 5.88. The van der Waals surface area contributed by atoms with Crippen LogP contribution in [0.25, 0.3) is 0 Å². The molecule has 4 heterocycles. The van der Waals surface area contributed by atoms with Crippen LogP contribution in [0.4, 0.5) is 5.69 Å². The van der Waals surface area contributed by atoms with Gasteiger partial charge in [0.15, 0.2) is 0 Å². The molecule has 0 radical (unpaired) electrons. The zero-order chi connectivity index (χ0) is 27.2. The average Bonchev–Trinajstić information content (AvgIpc) is 3.46. The summed E-state index contributed by atoms with van der Waals surface area (Å²) >= 11 is 0. The third-order valence-corrected chi connectivity index (χ3v) is 9.75. The van der Waals surface area contributed by atoms with Crippen LogP contribution in [-0.4, -0.2) is 69.5 Å². The minimum Gasteiger partial charge on any atom is -0.380 e. The lowest BCUT2D eigenvalue weighted by Gasteiger charge is -2.32. The van der Waals surface area contributed by atoms with E-state index in [1.54, 1.807) is 42.5 Å². The van der Waals surface area contributed by atoms with Crippen LogP contribution in [0.2, 0.25) is 0 Å². The van der Waals surface area contributed by atoms with Crippen molar-refractivity contribution in [3.63, 3.8) is 0 Å². The molecule has 2 fully saturated rings. The molecule has 38 heavy (non-hydrogen) atoms. The van der Waals surface area contributed by atoms with Gasteiger partial charge in [0.05, 0.1) is 28.6 Å². The number of carbonyl (C=O) groups is 3. The van der Waals surface area contributed by atoms with E-state index in [-0.39, 0.29) is 17.2 Å². The number of fused-ring (bicyclic) bond motifs is 1. The summed E-state index contributed by atoms with van der Waals surface area (Å²) in [6.45, 7) is 8.46. The van der Waals surface area contributed by atoms with E-state index in [1.807, 2.05) is 10.9 Å². The molecule has 2 aromatic rings. The minimum absolute atomic E-state index is 0.105. The summed E-state index contributed by atoms with van der Waals surface area (Å²) in [4.78, 5) is 39.9. The van der Waals surface area contributed by atoms with Crippen molar-refractivity contribution in [3.05, 3.63) is 59.6 Å². The van der Waals surface area contributed by atoms with Gasteiger partial charge in [-0.2, -0.15) is 5.10 Å². The predicted octanol–water partition coefficient (Wildman–Crippen LogP) is 2.26. The molecule has 0 spiro atoms. The molecule has 202 valence electrons. The molecule has 12 heteroatoms. The lowest BCUT2D eigenvalue weighted by atomic mass is 10.0. The molecule has 1 aromatic heterocycles. The third-order valence-electron chi connectivity index (χ3n) is 7.47. The molecule has 3 aliphatic heterocycles. The van der Waals surface area contributed by atoms with Crippen LogP contribution in [0.5, 0.6) is 0 Å². The number of amides is 3. The number of sulfonamides is 1. The molecule has 3 amide bonds. The SMILES string of the molecule is C=C1CCC(N2C(=O)c3cccc(NCc4cnn(C5CCN(S(=O)(=O)C(C)C)CC5)c4)c3C2=O)C(=O)N1. The van der Waals surface area contributed by atoms with Crippen LogP contribution >= 0.6 is 0 Å². The van der Waals surface area contributed by atoms with Crippen LogP contribution in [0.3, 0.4) is 0 Å². The maximum atomic E-state index is 13.3. The monoisotopic (exact) mass is 540 g/mol. The van der Waals surface area contributed by atoms with E-state index < -0.39 is 39.0 Å². The maximum absolute atomic E-state index is 13.3. The third kappa shape index (κ3) is 4.62. The molecule has 0 saturated carbocycles. The predicted molar refractivity (Wildman–Crippen MR) is 141 cm³/mol. The molecule has 5 rings (SSSR count). The Morgan fingerprint density at radius 3 is 2.55 bits per heavy atom. The second kappa shape index (κ2) is 9.99. The Labute approximate surface area is 221 Å². The Kier molecular flexibility index (Phi) is 6.86. The first-order valence-corrected chi connectivity index (χ1v) is 14.3. The van der Waals surface area contributed by atoms with Crippen molar-refractivity contribution >= 4 is 33.4 Å². The van der Waals surface area contributed by atoms with Gasteiger partial charge < -0.3 is 10.6 Å². The van der Waals surface area contributed by atoms with Gasteiger partial charge in [-0.1, -0.05) is 12.6 Å². The zero-order valence-electron chi connectivity index (χ0n) is 21.5. The zero-order valence-corrected chi connectivity index (χ0v) is 22.3. The van der Waals surface area contributed by atoms with Gasteiger partial charge in [-0.25, -0.2) is 12.7 Å². The van der Waals surface area contributed by atoms with Crippen molar-refractivity contribution < 1.29 is 22.8 Å². The largest absolute Gasteiger partial charge is 0.380 e. The molecule has 11 nitrogen and oxygen atoms in total. The Balaban J connectivity index is 1.25. The van der Waals surface area contributed by atoms with E-state index in [0.717, 1.165) is 10.5 Å². The smallest absolute Gasteiger partial charge is 0.264 e. The van der Waals surface area contributed by atoms with Gasteiger partial charge in [-0.15, -0.1) is 0 Å². The Bertz CT molecular complexity index is 1410. The van der Waals surface area contributed by atoms with Gasteiger partial charge in [0.25, 0.3) is 11.8 Å². The summed E-state index contributed by atoms with van der Waals surface area (Å²) in [7, 11) is -3.26. The molecule has 2 N–H and O–H groups in total. The van der Waals surface area contributed by atoms with Crippen molar-refractivity contribution in [3.8, 4) is 0 Å². The summed E-state index contributed by atoms with van der Waals surface area (Å²) in [5.41, 5.74) is 2.52. The summed E-state index contributed by atoms with van der Waals surface area (Å²) in [6, 6.07) is 4.30. The number of hydrogen-bond donors (Lipinski definition) is 2. The summed E-state index contributed by atoms with van der Waals surface area (Å²) in [5.74, 6) is -1.36. The summed E-state index contributed by atoms with van der Waals surface area (Å²) in [5, 5.41) is 9.95. The highest BCUT2D eigenvalue weighted by Gasteiger charge is 2.45. The number of rotatable bonds is 7. The Hall–Kier alpha value is -3.51. The average molecular weight is 541 g/mol. The highest BCUT2D eigenvalue weighted by atomic mass is 32.2. The fraction of sp³-hybridized carbons (Fsp3) is 0.462. The second-order valence-corrected chi connectivity index (χ2v) is 12.8. The first kappa shape index (κ1) is 26.1. The first-order chi connectivity index (χ1) is 18.1. The lowest BCUT2D eigenvalue weighted by Crippen LogP contribution is -2.51. The van der Waals surface area contributed by atoms with Crippen LogP contribution in [-0.2, 0) is 21.4 Å². The number of aromatic nitrogens is 2. The van der Waals surface area contributed by atoms with Crippen molar-refractivity contribution in [1.82, 2.24) is 24.3 Å². The van der Waals surface area contributed by atoms with Gasteiger partial charge in [-0.05, 0) is 51.7 Å². The van der Waals surface area contributed by atoms with Crippen LogP contribution in [0, 0.1) is 0 Å². The fourth-order valence-corrected chi connectivity index (χ4v) is 6.58. The Morgan fingerprint density at radius 2 is 1.87 bits per heavy atom. The van der Waals surface area contributed by atoms with Crippen molar-refractivity contribution in [2.45, 2.75) is 63.4 Å². The fourth-order valence-electron chi connectivity index (χ4n) is 5.27. The van der Waals surface area contributed by atoms with E-state index in [1.165, 1.54) is 0 Å². The normalized spacial score (nSPS) is 21.2. The minimum atomic E-state index is -3.26. The number of anilines is 1. The van der Waals surface area contributed by atoms with E-state index in [0.29, 0.717) is 56.7 Å². The number of allylic oxidation sites excluding steroid dienone is 1. The van der Waals surface area contributed by atoms with E-state index in [9.17, 15) is 22.8 Å². The highest BCUT2D eigenvalue weighted by Crippen LogP contribution is 2.33. The molecule has 3 aliphatic rings.